The Bertz CT molecular complexity index is 1050. The fourth-order valence-electron chi connectivity index (χ4n) is 4.82. The lowest BCUT2D eigenvalue weighted by atomic mass is 9.90. The molecule has 2 aromatic carbocycles. The lowest BCUT2D eigenvalue weighted by Crippen LogP contribution is -2.51. The third kappa shape index (κ3) is 4.82. The van der Waals surface area contributed by atoms with Gasteiger partial charge in [-0.2, -0.15) is 0 Å². The lowest BCUT2D eigenvalue weighted by Gasteiger charge is -2.35. The average Bonchev–Trinajstić information content (AvgIpc) is 3.04. The number of amides is 4. The maximum atomic E-state index is 13.4. The first-order valence-corrected chi connectivity index (χ1v) is 11.4. The Morgan fingerprint density at radius 1 is 1.03 bits per heavy atom. The normalized spacial score (nSPS) is 21.0. The predicted octanol–water partition coefficient (Wildman–Crippen LogP) is 2.74. The highest BCUT2D eigenvalue weighted by atomic mass is 16.2. The summed E-state index contributed by atoms with van der Waals surface area (Å²) in [4.78, 5) is 54.4. The molecule has 2 aliphatic rings. The molecule has 2 aromatic rings. The van der Waals surface area contributed by atoms with Gasteiger partial charge in [-0.1, -0.05) is 60.2 Å². The van der Waals surface area contributed by atoms with E-state index in [0.29, 0.717) is 19.4 Å². The second-order valence-electron chi connectivity index (χ2n) is 8.90. The highest BCUT2D eigenvalue weighted by Crippen LogP contribution is 2.34. The van der Waals surface area contributed by atoms with Crippen LogP contribution in [0, 0.1) is 12.8 Å². The van der Waals surface area contributed by atoms with E-state index >= 15 is 0 Å². The van der Waals surface area contributed by atoms with Crippen LogP contribution in [0.1, 0.15) is 48.9 Å². The number of likely N-dealkylation sites (tertiary alicyclic amines) is 2. The molecule has 7 nitrogen and oxygen atoms in total. The number of hydrogen-bond donors (Lipinski definition) is 1. The third-order valence-corrected chi connectivity index (χ3v) is 6.47. The van der Waals surface area contributed by atoms with E-state index in [1.807, 2.05) is 61.5 Å². The van der Waals surface area contributed by atoms with E-state index in [2.05, 4.69) is 5.32 Å². The van der Waals surface area contributed by atoms with Gasteiger partial charge in [0.15, 0.2) is 0 Å². The van der Waals surface area contributed by atoms with Gasteiger partial charge < -0.3 is 10.2 Å². The molecule has 7 heteroatoms. The number of carbonyl (C=O) groups is 4. The van der Waals surface area contributed by atoms with Gasteiger partial charge in [0.25, 0.3) is 5.91 Å². The number of imide groups is 1. The smallest absolute Gasteiger partial charge is 0.253 e. The van der Waals surface area contributed by atoms with E-state index in [-0.39, 0.29) is 36.6 Å². The van der Waals surface area contributed by atoms with Crippen molar-refractivity contribution in [3.63, 3.8) is 0 Å². The molecular formula is C26H29N3O4. The zero-order valence-corrected chi connectivity index (χ0v) is 19.0. The number of benzene rings is 2. The van der Waals surface area contributed by atoms with Crippen LogP contribution in [0.4, 0.5) is 0 Å². The lowest BCUT2D eigenvalue weighted by molar-refractivity contribution is -0.145. The number of fused-ring (bicyclic) bond motifs is 1. The summed E-state index contributed by atoms with van der Waals surface area (Å²) < 4.78 is 0. The number of piperidine rings is 1. The molecule has 1 unspecified atom stereocenters. The Labute approximate surface area is 193 Å². The molecule has 0 saturated carbocycles. The van der Waals surface area contributed by atoms with Gasteiger partial charge in [-0.3, -0.25) is 24.1 Å². The van der Waals surface area contributed by atoms with Crippen LogP contribution in [0.2, 0.25) is 0 Å². The molecule has 0 bridgehead atoms. The molecule has 2 fully saturated rings. The van der Waals surface area contributed by atoms with Crippen molar-refractivity contribution in [3.8, 4) is 0 Å². The number of nitrogens with one attached hydrogen (secondary N) is 1. The van der Waals surface area contributed by atoms with Crippen LogP contribution in [-0.2, 0) is 25.7 Å². The minimum Gasteiger partial charge on any atom is -0.349 e. The van der Waals surface area contributed by atoms with Crippen LogP contribution in [0.25, 0.3) is 0 Å². The summed E-state index contributed by atoms with van der Waals surface area (Å²) in [7, 11) is 0. The molecular weight excluding hydrogens is 418 g/mol. The molecule has 2 aliphatic heterocycles. The molecule has 172 valence electrons. The fourth-order valence-corrected chi connectivity index (χ4v) is 4.82. The summed E-state index contributed by atoms with van der Waals surface area (Å²) >= 11 is 0. The number of rotatable bonds is 6. The molecule has 3 atom stereocenters. The van der Waals surface area contributed by atoms with Crippen molar-refractivity contribution >= 4 is 23.6 Å². The van der Waals surface area contributed by atoms with E-state index in [1.165, 1.54) is 11.8 Å². The highest BCUT2D eigenvalue weighted by Gasteiger charge is 2.52. The minimum atomic E-state index is -0.765. The van der Waals surface area contributed by atoms with Crippen LogP contribution in [0.15, 0.2) is 54.6 Å². The largest absolute Gasteiger partial charge is 0.349 e. The van der Waals surface area contributed by atoms with Gasteiger partial charge in [0.2, 0.25) is 17.7 Å². The van der Waals surface area contributed by atoms with Gasteiger partial charge in [-0.25, -0.2) is 0 Å². The van der Waals surface area contributed by atoms with E-state index < -0.39 is 18.0 Å². The Morgan fingerprint density at radius 3 is 2.39 bits per heavy atom. The second-order valence-corrected chi connectivity index (χ2v) is 8.90. The topological polar surface area (TPSA) is 86.8 Å². The van der Waals surface area contributed by atoms with Crippen molar-refractivity contribution in [2.45, 2.75) is 51.7 Å². The maximum absolute atomic E-state index is 13.4. The van der Waals surface area contributed by atoms with Crippen molar-refractivity contribution in [1.82, 2.24) is 15.1 Å². The molecule has 0 aromatic heterocycles. The molecule has 1 N–H and O–H groups in total. The predicted molar refractivity (Wildman–Crippen MR) is 123 cm³/mol. The molecule has 4 rings (SSSR count). The molecule has 33 heavy (non-hydrogen) atoms. The summed E-state index contributed by atoms with van der Waals surface area (Å²) in [6.45, 7) is 4.04. The second kappa shape index (κ2) is 9.57. The van der Waals surface area contributed by atoms with Crippen LogP contribution in [-0.4, -0.2) is 46.0 Å². The standard InChI is InChI=1S/C26H29N3O4/c1-17-10-12-20(13-11-17)22(27-18(2)30)15-23(31)28-14-6-9-21-24(28)26(33)29(25(21)32)16-19-7-4-3-5-8-19/h3-5,7-8,10-13,21-22,24H,6,9,14-16H2,1-2H3,(H,27,30)/t21-,22?,24+/m1/s1. The van der Waals surface area contributed by atoms with Crippen LogP contribution < -0.4 is 5.32 Å². The van der Waals surface area contributed by atoms with Crippen molar-refractivity contribution < 1.29 is 19.2 Å². The quantitative estimate of drug-likeness (QED) is 0.690. The Kier molecular flexibility index (Phi) is 6.58. The van der Waals surface area contributed by atoms with Gasteiger partial charge in [0.1, 0.15) is 6.04 Å². The van der Waals surface area contributed by atoms with E-state index in [0.717, 1.165) is 16.7 Å². The molecule has 0 spiro atoms. The number of carbonyl (C=O) groups excluding carboxylic acids is 4. The van der Waals surface area contributed by atoms with Gasteiger partial charge in [-0.15, -0.1) is 0 Å². The first-order valence-electron chi connectivity index (χ1n) is 11.4. The first-order chi connectivity index (χ1) is 15.8. The first kappa shape index (κ1) is 22.7. The summed E-state index contributed by atoms with van der Waals surface area (Å²) in [5, 5.41) is 2.86. The van der Waals surface area contributed by atoms with Crippen LogP contribution in [0.3, 0.4) is 0 Å². The summed E-state index contributed by atoms with van der Waals surface area (Å²) in [6, 6.07) is 15.8. The molecule has 2 saturated heterocycles. The summed E-state index contributed by atoms with van der Waals surface area (Å²) in [5.74, 6) is -1.48. The molecule has 2 heterocycles. The van der Waals surface area contributed by atoms with E-state index in [9.17, 15) is 19.2 Å². The Balaban J connectivity index is 1.53. The minimum absolute atomic E-state index is 0.0337. The fraction of sp³-hybridized carbons (Fsp3) is 0.385. The number of nitrogens with zero attached hydrogens (tertiary/aromatic N) is 2. The zero-order chi connectivity index (χ0) is 23.5. The molecule has 0 aliphatic carbocycles. The van der Waals surface area contributed by atoms with Gasteiger partial charge in [-0.05, 0) is 30.9 Å². The summed E-state index contributed by atoms with van der Waals surface area (Å²) in [5.41, 5.74) is 2.79. The van der Waals surface area contributed by atoms with Gasteiger partial charge in [0.05, 0.1) is 24.9 Å². The molecule has 4 amide bonds. The van der Waals surface area contributed by atoms with Crippen molar-refractivity contribution in [2.24, 2.45) is 5.92 Å². The average molecular weight is 448 g/mol. The van der Waals surface area contributed by atoms with Crippen LogP contribution in [0.5, 0.6) is 0 Å². The third-order valence-electron chi connectivity index (χ3n) is 6.47. The van der Waals surface area contributed by atoms with Crippen LogP contribution >= 0.6 is 0 Å². The SMILES string of the molecule is CC(=O)NC(CC(=O)N1CCC[C@H]2C(=O)N(Cc3ccccc3)C(=O)[C@H]21)c1ccc(C)cc1. The number of hydrogen-bond acceptors (Lipinski definition) is 4. The maximum Gasteiger partial charge on any atom is 0.253 e. The number of aryl methyl sites for hydroxylation is 1. The van der Waals surface area contributed by atoms with E-state index in [4.69, 9.17) is 0 Å². The Morgan fingerprint density at radius 2 is 1.73 bits per heavy atom. The summed E-state index contributed by atoms with van der Waals surface area (Å²) in [6.07, 6.45) is 1.30. The van der Waals surface area contributed by atoms with Crippen molar-refractivity contribution in [3.05, 3.63) is 71.3 Å². The monoisotopic (exact) mass is 447 g/mol. The van der Waals surface area contributed by atoms with Gasteiger partial charge in [0, 0.05) is 13.5 Å². The van der Waals surface area contributed by atoms with Gasteiger partial charge >= 0.3 is 0 Å². The Hall–Kier alpha value is -3.48. The zero-order valence-electron chi connectivity index (χ0n) is 19.0. The van der Waals surface area contributed by atoms with Crippen molar-refractivity contribution in [1.29, 1.82) is 0 Å². The van der Waals surface area contributed by atoms with E-state index in [1.54, 1.807) is 4.90 Å². The van der Waals surface area contributed by atoms with Crippen molar-refractivity contribution in [2.75, 3.05) is 6.54 Å². The highest BCUT2D eigenvalue weighted by molar-refractivity contribution is 6.08. The molecule has 0 radical (unpaired) electrons.